The highest BCUT2D eigenvalue weighted by molar-refractivity contribution is 4.68. The molecule has 2 atom stereocenters. The fourth-order valence-electron chi connectivity index (χ4n) is 1.63. The molecule has 2 N–H and O–H groups in total. The topological polar surface area (TPSA) is 32.3 Å². The zero-order valence-corrected chi connectivity index (χ0v) is 10.2. The molecule has 14 heavy (non-hydrogen) atoms. The van der Waals surface area contributed by atoms with Crippen molar-refractivity contribution in [2.45, 2.75) is 65.5 Å². The molecule has 0 spiro atoms. The van der Waals surface area contributed by atoms with Gasteiger partial charge in [-0.25, -0.2) is 0 Å². The van der Waals surface area contributed by atoms with Crippen molar-refractivity contribution in [1.29, 1.82) is 0 Å². The van der Waals surface area contributed by atoms with E-state index < -0.39 is 0 Å². The Hall–Kier alpha value is -0.0800. The molecule has 0 aromatic rings. The molecule has 2 heteroatoms. The first-order valence-electron chi connectivity index (χ1n) is 5.93. The maximum Gasteiger partial charge on any atom is 0.0431 e. The second kappa shape index (κ2) is 8.25. The largest absolute Gasteiger partial charge is 0.396 e. The maximum absolute atomic E-state index is 8.70. The van der Waals surface area contributed by atoms with E-state index in [-0.39, 0.29) is 0 Å². The van der Waals surface area contributed by atoms with Gasteiger partial charge < -0.3 is 10.4 Å². The van der Waals surface area contributed by atoms with Gasteiger partial charge in [-0.15, -0.1) is 0 Å². The van der Waals surface area contributed by atoms with Crippen LogP contribution in [0.4, 0.5) is 0 Å². The van der Waals surface area contributed by atoms with E-state index in [1.54, 1.807) is 0 Å². The Morgan fingerprint density at radius 2 is 1.50 bits per heavy atom. The normalized spacial score (nSPS) is 15.9. The Morgan fingerprint density at radius 1 is 0.929 bits per heavy atom. The van der Waals surface area contributed by atoms with Crippen LogP contribution >= 0.6 is 0 Å². The fourth-order valence-corrected chi connectivity index (χ4v) is 1.63. The van der Waals surface area contributed by atoms with Gasteiger partial charge in [0.2, 0.25) is 0 Å². The minimum atomic E-state index is 0.312. The highest BCUT2D eigenvalue weighted by Gasteiger charge is 2.07. The molecule has 86 valence electrons. The van der Waals surface area contributed by atoms with Crippen molar-refractivity contribution in [3.05, 3.63) is 0 Å². The lowest BCUT2D eigenvalue weighted by Gasteiger charge is -2.20. The van der Waals surface area contributed by atoms with Crippen molar-refractivity contribution in [3.8, 4) is 0 Å². The van der Waals surface area contributed by atoms with E-state index in [1.807, 2.05) is 0 Å². The molecule has 0 aliphatic rings. The molecule has 0 saturated carbocycles. The van der Waals surface area contributed by atoms with Gasteiger partial charge in [-0.1, -0.05) is 13.8 Å². The summed E-state index contributed by atoms with van der Waals surface area (Å²) in [6.45, 7) is 9.29. The second-order valence-electron chi connectivity index (χ2n) is 4.81. The van der Waals surface area contributed by atoms with Crippen LogP contribution in [0.5, 0.6) is 0 Å². The van der Waals surface area contributed by atoms with E-state index in [2.05, 4.69) is 33.0 Å². The van der Waals surface area contributed by atoms with Gasteiger partial charge in [-0.3, -0.25) is 0 Å². The molecule has 0 heterocycles. The molecule has 0 aliphatic heterocycles. The molecule has 0 unspecified atom stereocenters. The number of rotatable bonds is 8. The van der Waals surface area contributed by atoms with Crippen molar-refractivity contribution >= 4 is 0 Å². The Balaban J connectivity index is 3.44. The zero-order chi connectivity index (χ0) is 11.0. The molecule has 0 radical (unpaired) electrons. The van der Waals surface area contributed by atoms with E-state index in [0.717, 1.165) is 18.8 Å². The minimum Gasteiger partial charge on any atom is -0.396 e. The standard InChI is InChI=1S/C12H27NO/c1-10(2)7-8-12(4)13-11(3)6-5-9-14/h10-14H,5-9H2,1-4H3/t11-,12-/m0/s1. The first kappa shape index (κ1) is 13.9. The Bertz CT molecular complexity index is 125. The van der Waals surface area contributed by atoms with Gasteiger partial charge in [0, 0.05) is 18.7 Å². The molecule has 0 aromatic heterocycles. The van der Waals surface area contributed by atoms with E-state index in [0.29, 0.717) is 18.7 Å². The summed E-state index contributed by atoms with van der Waals surface area (Å²) in [6.07, 6.45) is 4.52. The molecule has 0 saturated heterocycles. The van der Waals surface area contributed by atoms with Gasteiger partial charge in [0.1, 0.15) is 0 Å². The molecule has 0 rings (SSSR count). The van der Waals surface area contributed by atoms with Crippen molar-refractivity contribution in [2.75, 3.05) is 6.61 Å². The third-order valence-corrected chi connectivity index (χ3v) is 2.54. The van der Waals surface area contributed by atoms with Gasteiger partial charge in [-0.05, 0) is 45.4 Å². The quantitative estimate of drug-likeness (QED) is 0.632. The van der Waals surface area contributed by atoms with Crippen molar-refractivity contribution in [2.24, 2.45) is 5.92 Å². The van der Waals surface area contributed by atoms with Crippen LogP contribution in [0.3, 0.4) is 0 Å². The van der Waals surface area contributed by atoms with Gasteiger partial charge in [0.05, 0.1) is 0 Å². The maximum atomic E-state index is 8.70. The summed E-state index contributed by atoms with van der Waals surface area (Å²) in [7, 11) is 0. The van der Waals surface area contributed by atoms with Crippen molar-refractivity contribution in [1.82, 2.24) is 5.32 Å². The third kappa shape index (κ3) is 8.52. The van der Waals surface area contributed by atoms with E-state index in [4.69, 9.17) is 5.11 Å². The molecule has 0 aromatic carbocycles. The van der Waals surface area contributed by atoms with E-state index in [1.165, 1.54) is 12.8 Å². The molecule has 0 aliphatic carbocycles. The average molecular weight is 201 g/mol. The van der Waals surface area contributed by atoms with E-state index in [9.17, 15) is 0 Å². The summed E-state index contributed by atoms with van der Waals surface area (Å²) < 4.78 is 0. The van der Waals surface area contributed by atoms with Crippen LogP contribution in [0, 0.1) is 5.92 Å². The van der Waals surface area contributed by atoms with Crippen LogP contribution < -0.4 is 5.32 Å². The lowest BCUT2D eigenvalue weighted by molar-refractivity contribution is 0.273. The predicted octanol–water partition coefficient (Wildman–Crippen LogP) is 2.56. The van der Waals surface area contributed by atoms with Gasteiger partial charge in [-0.2, -0.15) is 0 Å². The van der Waals surface area contributed by atoms with Crippen LogP contribution in [0.2, 0.25) is 0 Å². The Kier molecular flexibility index (Phi) is 8.20. The highest BCUT2D eigenvalue weighted by atomic mass is 16.2. The SMILES string of the molecule is CC(C)CC[C@H](C)N[C@@H](C)CCCO. The van der Waals surface area contributed by atoms with Crippen molar-refractivity contribution in [3.63, 3.8) is 0 Å². The Morgan fingerprint density at radius 3 is 2.00 bits per heavy atom. The zero-order valence-electron chi connectivity index (χ0n) is 10.2. The summed E-state index contributed by atoms with van der Waals surface area (Å²) in [5.74, 6) is 0.798. The number of nitrogens with one attached hydrogen (secondary N) is 1. The first-order chi connectivity index (χ1) is 6.56. The summed E-state index contributed by atoms with van der Waals surface area (Å²) in [6, 6.07) is 1.13. The van der Waals surface area contributed by atoms with Crippen molar-refractivity contribution < 1.29 is 5.11 Å². The van der Waals surface area contributed by atoms with Gasteiger partial charge in [0.25, 0.3) is 0 Å². The monoisotopic (exact) mass is 201 g/mol. The first-order valence-corrected chi connectivity index (χ1v) is 5.93. The van der Waals surface area contributed by atoms with Crippen LogP contribution in [0.15, 0.2) is 0 Å². The van der Waals surface area contributed by atoms with Crippen LogP contribution in [0.1, 0.15) is 53.4 Å². The summed E-state index contributed by atoms with van der Waals surface area (Å²) in [5, 5.41) is 12.3. The van der Waals surface area contributed by atoms with Gasteiger partial charge in [0.15, 0.2) is 0 Å². The summed E-state index contributed by atoms with van der Waals surface area (Å²) in [4.78, 5) is 0. The third-order valence-electron chi connectivity index (χ3n) is 2.54. The highest BCUT2D eigenvalue weighted by Crippen LogP contribution is 2.07. The smallest absolute Gasteiger partial charge is 0.0431 e. The molecule has 0 amide bonds. The minimum absolute atomic E-state index is 0.312. The molecule has 0 bridgehead atoms. The van der Waals surface area contributed by atoms with Crippen LogP contribution in [0.25, 0.3) is 0 Å². The Labute approximate surface area is 89.1 Å². The molecule has 0 fully saturated rings. The van der Waals surface area contributed by atoms with Crippen LogP contribution in [-0.2, 0) is 0 Å². The van der Waals surface area contributed by atoms with Gasteiger partial charge >= 0.3 is 0 Å². The van der Waals surface area contributed by atoms with E-state index >= 15 is 0 Å². The lowest BCUT2D eigenvalue weighted by Crippen LogP contribution is -2.34. The number of hydrogen-bond acceptors (Lipinski definition) is 2. The predicted molar refractivity (Wildman–Crippen MR) is 62.5 cm³/mol. The second-order valence-corrected chi connectivity index (χ2v) is 4.81. The lowest BCUT2D eigenvalue weighted by atomic mass is 10.0. The number of aliphatic hydroxyl groups excluding tert-OH is 1. The molecular formula is C12H27NO. The molecule has 2 nitrogen and oxygen atoms in total. The summed E-state index contributed by atoms with van der Waals surface area (Å²) >= 11 is 0. The average Bonchev–Trinajstić information content (AvgIpc) is 2.11. The van der Waals surface area contributed by atoms with Crippen LogP contribution in [-0.4, -0.2) is 23.8 Å². The summed E-state index contributed by atoms with van der Waals surface area (Å²) in [5.41, 5.74) is 0. The molecular weight excluding hydrogens is 174 g/mol. The fraction of sp³-hybridized carbons (Fsp3) is 1.00. The number of aliphatic hydroxyl groups is 1. The number of hydrogen-bond donors (Lipinski definition) is 2.